The number of aromatic nitrogens is 6. The molecule has 272 valence electrons. The Morgan fingerprint density at radius 3 is 1.53 bits per heavy atom. The molecule has 3 heterocycles. The van der Waals surface area contributed by atoms with E-state index in [-0.39, 0.29) is 0 Å². The molecule has 0 saturated heterocycles. The van der Waals surface area contributed by atoms with E-state index in [1.807, 2.05) is 72.8 Å². The van der Waals surface area contributed by atoms with Crippen LogP contribution in [0.15, 0.2) is 206 Å². The highest BCUT2D eigenvalue weighted by Gasteiger charge is 2.23. The maximum Gasteiger partial charge on any atom is 0.166 e. The summed E-state index contributed by atoms with van der Waals surface area (Å²) in [5.41, 5.74) is 12.0. The van der Waals surface area contributed by atoms with E-state index in [4.69, 9.17) is 19.9 Å². The van der Waals surface area contributed by atoms with E-state index < -0.39 is 0 Å². The molecule has 0 N–H and O–H groups in total. The lowest BCUT2D eigenvalue weighted by Crippen LogP contribution is -2.05. The van der Waals surface area contributed by atoms with Gasteiger partial charge in [-0.3, -0.25) is 4.57 Å². The molecule has 8 aromatic carbocycles. The predicted octanol–water partition coefficient (Wildman–Crippen LogP) is 12.6. The van der Waals surface area contributed by atoms with Gasteiger partial charge in [0.25, 0.3) is 0 Å². The van der Waals surface area contributed by atoms with Crippen molar-refractivity contribution in [1.82, 2.24) is 29.1 Å². The summed E-state index contributed by atoms with van der Waals surface area (Å²) in [7, 11) is 0. The van der Waals surface area contributed by atoms with Crippen LogP contribution in [0.25, 0.3) is 101 Å². The van der Waals surface area contributed by atoms with Crippen LogP contribution in [-0.2, 0) is 0 Å². The molecule has 3 aromatic heterocycles. The average molecular weight is 743 g/mol. The minimum absolute atomic E-state index is 0.567. The van der Waals surface area contributed by atoms with Gasteiger partial charge < -0.3 is 4.57 Å². The van der Waals surface area contributed by atoms with Crippen molar-refractivity contribution in [2.75, 3.05) is 0 Å². The van der Waals surface area contributed by atoms with Gasteiger partial charge in [0.1, 0.15) is 5.82 Å². The second-order valence-electron chi connectivity index (χ2n) is 14.3. The second kappa shape index (κ2) is 14.0. The molecule has 58 heavy (non-hydrogen) atoms. The van der Waals surface area contributed by atoms with Crippen molar-refractivity contribution < 1.29 is 0 Å². The Hall–Kier alpha value is -7.96. The van der Waals surface area contributed by atoms with Crippen molar-refractivity contribution in [3.8, 4) is 68.1 Å². The lowest BCUT2D eigenvalue weighted by Gasteiger charge is -2.17. The summed E-state index contributed by atoms with van der Waals surface area (Å²) in [5.74, 6) is 2.60. The van der Waals surface area contributed by atoms with E-state index in [1.54, 1.807) is 0 Å². The fraction of sp³-hybridized carbons (Fsp3) is 0. The standard InChI is InChI=1S/C52H34N6/c1-5-17-35(18-6-1)38-29-31-42-41-25-13-15-27-45(41)58(48(42)34-38)46-32-30-39(52-53-44-26-14-16-28-47(44)57(52)40-23-11-4-12-24-40)33-43(46)51-55-49(36-19-7-2-8-20-36)54-50(56-51)37-21-9-3-10-22-37/h1-34H. The first-order valence-corrected chi connectivity index (χ1v) is 19.4. The van der Waals surface area contributed by atoms with Gasteiger partial charge in [-0.25, -0.2) is 19.9 Å². The first-order chi connectivity index (χ1) is 28.8. The van der Waals surface area contributed by atoms with Gasteiger partial charge in [-0.2, -0.15) is 0 Å². The van der Waals surface area contributed by atoms with Crippen molar-refractivity contribution >= 4 is 32.8 Å². The summed E-state index contributed by atoms with van der Waals surface area (Å²) >= 11 is 0. The van der Waals surface area contributed by atoms with Gasteiger partial charge in [-0.15, -0.1) is 0 Å². The number of imidazole rings is 1. The number of para-hydroxylation sites is 4. The molecular weight excluding hydrogens is 709 g/mol. The van der Waals surface area contributed by atoms with Gasteiger partial charge in [0.15, 0.2) is 17.5 Å². The van der Waals surface area contributed by atoms with Gasteiger partial charge in [-0.1, -0.05) is 152 Å². The van der Waals surface area contributed by atoms with E-state index in [1.165, 1.54) is 10.8 Å². The van der Waals surface area contributed by atoms with Crippen LogP contribution in [0, 0.1) is 0 Å². The van der Waals surface area contributed by atoms with Crippen molar-refractivity contribution in [3.05, 3.63) is 206 Å². The third-order valence-electron chi connectivity index (χ3n) is 10.8. The Bertz CT molecular complexity index is 3200. The van der Waals surface area contributed by atoms with E-state index in [9.17, 15) is 0 Å². The molecule has 6 heteroatoms. The van der Waals surface area contributed by atoms with Crippen molar-refractivity contribution in [2.45, 2.75) is 0 Å². The topological polar surface area (TPSA) is 61.4 Å². The summed E-state index contributed by atoms with van der Waals surface area (Å²) in [5, 5.41) is 2.34. The zero-order valence-corrected chi connectivity index (χ0v) is 31.3. The molecule has 11 aromatic rings. The van der Waals surface area contributed by atoms with Gasteiger partial charge in [0.05, 0.1) is 27.8 Å². The van der Waals surface area contributed by atoms with Crippen LogP contribution in [0.2, 0.25) is 0 Å². The highest BCUT2D eigenvalue weighted by atomic mass is 15.1. The van der Waals surface area contributed by atoms with Gasteiger partial charge in [0, 0.05) is 38.7 Å². The zero-order chi connectivity index (χ0) is 38.4. The summed E-state index contributed by atoms with van der Waals surface area (Å²) in [6.45, 7) is 0. The number of rotatable bonds is 7. The molecule has 0 amide bonds. The highest BCUT2D eigenvalue weighted by molar-refractivity contribution is 6.10. The smallest absolute Gasteiger partial charge is 0.166 e. The van der Waals surface area contributed by atoms with Crippen LogP contribution in [0.4, 0.5) is 0 Å². The van der Waals surface area contributed by atoms with Crippen LogP contribution >= 0.6 is 0 Å². The van der Waals surface area contributed by atoms with Crippen molar-refractivity contribution in [3.63, 3.8) is 0 Å². The molecule has 0 aliphatic rings. The lowest BCUT2D eigenvalue weighted by atomic mass is 10.0. The molecule has 0 radical (unpaired) electrons. The molecule has 11 rings (SSSR count). The normalized spacial score (nSPS) is 11.4. The van der Waals surface area contributed by atoms with Crippen LogP contribution in [0.1, 0.15) is 0 Å². The van der Waals surface area contributed by atoms with E-state index >= 15 is 0 Å². The average Bonchev–Trinajstić information content (AvgIpc) is 3.86. The lowest BCUT2D eigenvalue weighted by molar-refractivity contribution is 1.06. The third-order valence-corrected chi connectivity index (χ3v) is 10.8. The molecular formula is C52H34N6. The Kier molecular flexibility index (Phi) is 8.04. The molecule has 0 saturated carbocycles. The number of nitrogens with zero attached hydrogens (tertiary/aromatic N) is 6. The van der Waals surface area contributed by atoms with Gasteiger partial charge in [0.2, 0.25) is 0 Å². The molecule has 6 nitrogen and oxygen atoms in total. The summed E-state index contributed by atoms with van der Waals surface area (Å²) in [6.07, 6.45) is 0. The SMILES string of the molecule is c1ccc(-c2ccc3c4ccccc4n(-c4ccc(-c5nc6ccccc6n5-c5ccccc5)cc4-c4nc(-c5ccccc5)nc(-c5ccccc5)n4)c3c2)cc1. The Morgan fingerprint density at radius 2 is 0.845 bits per heavy atom. The monoisotopic (exact) mass is 742 g/mol. The largest absolute Gasteiger partial charge is 0.308 e. The van der Waals surface area contributed by atoms with Crippen LogP contribution < -0.4 is 0 Å². The van der Waals surface area contributed by atoms with E-state index in [0.717, 1.165) is 72.6 Å². The van der Waals surface area contributed by atoms with Gasteiger partial charge in [-0.05, 0) is 65.7 Å². The number of hydrogen-bond donors (Lipinski definition) is 0. The summed E-state index contributed by atoms with van der Waals surface area (Å²) in [4.78, 5) is 20.9. The minimum Gasteiger partial charge on any atom is -0.308 e. The molecule has 0 bridgehead atoms. The van der Waals surface area contributed by atoms with E-state index in [0.29, 0.717) is 17.5 Å². The molecule has 0 atom stereocenters. The maximum atomic E-state index is 5.29. The zero-order valence-electron chi connectivity index (χ0n) is 31.3. The van der Waals surface area contributed by atoms with Crippen molar-refractivity contribution in [1.29, 1.82) is 0 Å². The Labute approximate surface area is 335 Å². The quantitative estimate of drug-likeness (QED) is 0.163. The summed E-state index contributed by atoms with van der Waals surface area (Å²) in [6, 6.07) is 71.5. The van der Waals surface area contributed by atoms with E-state index in [2.05, 4.69) is 143 Å². The van der Waals surface area contributed by atoms with Crippen LogP contribution in [0.3, 0.4) is 0 Å². The first kappa shape index (κ1) is 33.4. The van der Waals surface area contributed by atoms with Gasteiger partial charge >= 0.3 is 0 Å². The van der Waals surface area contributed by atoms with Crippen LogP contribution in [0.5, 0.6) is 0 Å². The van der Waals surface area contributed by atoms with Crippen LogP contribution in [-0.4, -0.2) is 29.1 Å². The first-order valence-electron chi connectivity index (χ1n) is 19.4. The fourth-order valence-electron chi connectivity index (χ4n) is 8.08. The molecule has 0 aliphatic carbocycles. The number of hydrogen-bond acceptors (Lipinski definition) is 4. The predicted molar refractivity (Wildman–Crippen MR) is 236 cm³/mol. The van der Waals surface area contributed by atoms with Crippen molar-refractivity contribution in [2.24, 2.45) is 0 Å². The molecule has 0 fully saturated rings. The number of benzene rings is 8. The Morgan fingerprint density at radius 1 is 0.310 bits per heavy atom. The highest BCUT2D eigenvalue weighted by Crippen LogP contribution is 2.40. The Balaban J connectivity index is 1.24. The molecule has 0 spiro atoms. The minimum atomic E-state index is 0.567. The third kappa shape index (κ3) is 5.74. The summed E-state index contributed by atoms with van der Waals surface area (Å²) < 4.78 is 4.60. The maximum absolute atomic E-state index is 5.29. The fourth-order valence-corrected chi connectivity index (χ4v) is 8.08. The number of fused-ring (bicyclic) bond motifs is 4. The molecule has 0 aliphatic heterocycles. The second-order valence-corrected chi connectivity index (χ2v) is 14.3. The molecule has 0 unspecified atom stereocenters.